The number of benzene rings is 1. The number of hydrogen-bond donors (Lipinski definition) is 2. The number of rotatable bonds is 6. The molecule has 1 saturated heterocycles. The first-order chi connectivity index (χ1) is 13.1. The van der Waals surface area contributed by atoms with Gasteiger partial charge in [-0.25, -0.2) is 9.89 Å². The van der Waals surface area contributed by atoms with Crippen molar-refractivity contribution in [1.29, 1.82) is 0 Å². The molecular formula is C19H25N5O3. The Morgan fingerprint density at radius 1 is 1.26 bits per heavy atom. The summed E-state index contributed by atoms with van der Waals surface area (Å²) >= 11 is 0. The first kappa shape index (κ1) is 18.9. The zero-order valence-electron chi connectivity index (χ0n) is 15.5. The number of hydrogen-bond acceptors (Lipinski definition) is 4. The quantitative estimate of drug-likeness (QED) is 0.807. The van der Waals surface area contributed by atoms with Crippen LogP contribution in [0.1, 0.15) is 44.3 Å². The Bertz CT molecular complexity index is 843. The van der Waals surface area contributed by atoms with E-state index in [1.165, 1.54) is 0 Å². The molecule has 1 aromatic heterocycles. The van der Waals surface area contributed by atoms with Gasteiger partial charge in [-0.15, -0.1) is 0 Å². The number of anilines is 1. The molecule has 2 heterocycles. The maximum Gasteiger partial charge on any atom is 0.343 e. The number of carbonyl (C=O) groups excluding carboxylic acids is 2. The van der Waals surface area contributed by atoms with Crippen molar-refractivity contribution in [3.05, 3.63) is 46.6 Å². The molecule has 1 aromatic carbocycles. The zero-order valence-corrected chi connectivity index (χ0v) is 15.5. The first-order valence-corrected chi connectivity index (χ1v) is 9.36. The predicted octanol–water partition coefficient (Wildman–Crippen LogP) is 1.72. The summed E-state index contributed by atoms with van der Waals surface area (Å²) in [5.74, 6) is 0.542. The van der Waals surface area contributed by atoms with Gasteiger partial charge in [0.2, 0.25) is 11.8 Å². The van der Waals surface area contributed by atoms with Crippen LogP contribution < -0.4 is 11.0 Å². The van der Waals surface area contributed by atoms with Crippen LogP contribution >= 0.6 is 0 Å². The third kappa shape index (κ3) is 4.64. The molecule has 144 valence electrons. The topological polar surface area (TPSA) is 100 Å². The smallest absolute Gasteiger partial charge is 0.342 e. The third-order valence-electron chi connectivity index (χ3n) is 4.87. The van der Waals surface area contributed by atoms with Crippen LogP contribution in [-0.2, 0) is 16.1 Å². The minimum absolute atomic E-state index is 0.0381. The molecule has 3 rings (SSSR count). The van der Waals surface area contributed by atoms with Crippen LogP contribution in [0, 0.1) is 0 Å². The standard InChI is InChI=1S/C19H25N5O3/c1-2-24-18(21-22-19(24)27)14-7-6-12-23(13-14)17(26)11-10-16(25)20-15-8-4-3-5-9-15/h3-5,8-9,14H,2,6-7,10-13H2,1H3,(H,20,25)(H,22,27)/t14-/m1/s1. The highest BCUT2D eigenvalue weighted by molar-refractivity contribution is 5.93. The van der Waals surface area contributed by atoms with Crippen molar-refractivity contribution in [2.45, 2.75) is 45.1 Å². The van der Waals surface area contributed by atoms with E-state index in [4.69, 9.17) is 0 Å². The third-order valence-corrected chi connectivity index (χ3v) is 4.87. The van der Waals surface area contributed by atoms with Gasteiger partial charge in [0.1, 0.15) is 5.82 Å². The molecule has 0 unspecified atom stereocenters. The lowest BCUT2D eigenvalue weighted by Gasteiger charge is -2.32. The molecule has 8 heteroatoms. The van der Waals surface area contributed by atoms with Gasteiger partial charge in [-0.1, -0.05) is 18.2 Å². The highest BCUT2D eigenvalue weighted by atomic mass is 16.2. The fourth-order valence-corrected chi connectivity index (χ4v) is 3.49. The Morgan fingerprint density at radius 2 is 2.04 bits per heavy atom. The summed E-state index contributed by atoms with van der Waals surface area (Å²) < 4.78 is 1.62. The average Bonchev–Trinajstić information content (AvgIpc) is 3.07. The lowest BCUT2D eigenvalue weighted by Crippen LogP contribution is -2.40. The molecule has 1 fully saturated rings. The number of amides is 2. The van der Waals surface area contributed by atoms with Crippen molar-refractivity contribution in [1.82, 2.24) is 19.7 Å². The summed E-state index contributed by atoms with van der Waals surface area (Å²) in [6.07, 6.45) is 2.07. The Kier molecular flexibility index (Phi) is 6.05. The summed E-state index contributed by atoms with van der Waals surface area (Å²) in [6.45, 7) is 3.66. The monoisotopic (exact) mass is 371 g/mol. The Morgan fingerprint density at radius 3 is 2.78 bits per heavy atom. The molecule has 1 atom stereocenters. The zero-order chi connectivity index (χ0) is 19.2. The van der Waals surface area contributed by atoms with Crippen LogP contribution in [0.15, 0.2) is 35.1 Å². The summed E-state index contributed by atoms with van der Waals surface area (Å²) in [5.41, 5.74) is 0.512. The lowest BCUT2D eigenvalue weighted by molar-refractivity contribution is -0.134. The van der Waals surface area contributed by atoms with Gasteiger partial charge in [-0.05, 0) is 31.9 Å². The summed E-state index contributed by atoms with van der Waals surface area (Å²) in [6, 6.07) is 9.20. The minimum atomic E-state index is -0.214. The summed E-state index contributed by atoms with van der Waals surface area (Å²) in [7, 11) is 0. The van der Waals surface area contributed by atoms with Gasteiger partial charge in [0, 0.05) is 44.1 Å². The molecule has 0 radical (unpaired) electrons. The molecule has 2 aromatic rings. The van der Waals surface area contributed by atoms with E-state index in [-0.39, 0.29) is 36.3 Å². The molecule has 0 saturated carbocycles. The van der Waals surface area contributed by atoms with Gasteiger partial charge in [-0.3, -0.25) is 14.2 Å². The first-order valence-electron chi connectivity index (χ1n) is 9.36. The fraction of sp³-hybridized carbons (Fsp3) is 0.474. The number of nitrogens with one attached hydrogen (secondary N) is 2. The molecule has 2 amide bonds. The van der Waals surface area contributed by atoms with Crippen molar-refractivity contribution >= 4 is 17.5 Å². The molecule has 1 aliphatic heterocycles. The molecule has 27 heavy (non-hydrogen) atoms. The molecule has 0 aliphatic carbocycles. The van der Waals surface area contributed by atoms with Crippen LogP contribution in [0.5, 0.6) is 0 Å². The van der Waals surface area contributed by atoms with Crippen molar-refractivity contribution < 1.29 is 9.59 Å². The maximum absolute atomic E-state index is 12.5. The summed E-state index contributed by atoms with van der Waals surface area (Å²) in [4.78, 5) is 38.1. The van der Waals surface area contributed by atoms with E-state index in [0.29, 0.717) is 25.5 Å². The highest BCUT2D eigenvalue weighted by Gasteiger charge is 2.28. The van der Waals surface area contributed by atoms with E-state index in [9.17, 15) is 14.4 Å². The second-order valence-electron chi connectivity index (χ2n) is 6.72. The summed E-state index contributed by atoms with van der Waals surface area (Å²) in [5, 5.41) is 9.43. The highest BCUT2D eigenvalue weighted by Crippen LogP contribution is 2.25. The minimum Gasteiger partial charge on any atom is -0.342 e. The Balaban J connectivity index is 1.54. The molecule has 0 bridgehead atoms. The number of aromatic amines is 1. The number of aromatic nitrogens is 3. The largest absolute Gasteiger partial charge is 0.343 e. The van der Waals surface area contributed by atoms with E-state index in [1.807, 2.05) is 37.3 Å². The van der Waals surface area contributed by atoms with Crippen molar-refractivity contribution in [2.75, 3.05) is 18.4 Å². The van der Waals surface area contributed by atoms with Crippen molar-refractivity contribution in [2.24, 2.45) is 0 Å². The molecule has 0 spiro atoms. The van der Waals surface area contributed by atoms with E-state index in [0.717, 1.165) is 18.5 Å². The van der Waals surface area contributed by atoms with E-state index >= 15 is 0 Å². The van der Waals surface area contributed by atoms with Gasteiger partial charge in [0.05, 0.1) is 0 Å². The van der Waals surface area contributed by atoms with Gasteiger partial charge >= 0.3 is 5.69 Å². The molecule has 1 aliphatic rings. The van der Waals surface area contributed by atoms with E-state index in [1.54, 1.807) is 9.47 Å². The fourth-order valence-electron chi connectivity index (χ4n) is 3.49. The van der Waals surface area contributed by atoms with Crippen LogP contribution in [-0.4, -0.2) is 44.6 Å². The number of carbonyl (C=O) groups is 2. The maximum atomic E-state index is 12.5. The number of H-pyrrole nitrogens is 1. The van der Waals surface area contributed by atoms with Gasteiger partial charge < -0.3 is 10.2 Å². The predicted molar refractivity (Wildman–Crippen MR) is 101 cm³/mol. The van der Waals surface area contributed by atoms with Gasteiger partial charge in [0.15, 0.2) is 0 Å². The van der Waals surface area contributed by atoms with E-state index in [2.05, 4.69) is 15.5 Å². The lowest BCUT2D eigenvalue weighted by atomic mass is 9.96. The van der Waals surface area contributed by atoms with Crippen molar-refractivity contribution in [3.63, 3.8) is 0 Å². The van der Waals surface area contributed by atoms with Crippen LogP contribution in [0.2, 0.25) is 0 Å². The normalized spacial score (nSPS) is 16.9. The van der Waals surface area contributed by atoms with Gasteiger partial charge in [-0.2, -0.15) is 5.10 Å². The second kappa shape index (κ2) is 8.66. The van der Waals surface area contributed by atoms with Crippen LogP contribution in [0.4, 0.5) is 5.69 Å². The van der Waals surface area contributed by atoms with Gasteiger partial charge in [0.25, 0.3) is 0 Å². The molecule has 2 N–H and O–H groups in total. The van der Waals surface area contributed by atoms with Crippen LogP contribution in [0.3, 0.4) is 0 Å². The van der Waals surface area contributed by atoms with Crippen LogP contribution in [0.25, 0.3) is 0 Å². The average molecular weight is 371 g/mol. The number of likely N-dealkylation sites (tertiary alicyclic amines) is 1. The Hall–Kier alpha value is -2.90. The van der Waals surface area contributed by atoms with Crippen molar-refractivity contribution in [3.8, 4) is 0 Å². The Labute approximate surface area is 157 Å². The molecule has 8 nitrogen and oxygen atoms in total. The molecular weight excluding hydrogens is 346 g/mol. The van der Waals surface area contributed by atoms with E-state index < -0.39 is 0 Å². The number of nitrogens with zero attached hydrogens (tertiary/aromatic N) is 3. The number of piperidine rings is 1. The SMILES string of the molecule is CCn1c([C@@H]2CCCN(C(=O)CCC(=O)Nc3ccccc3)C2)n[nH]c1=O. The number of para-hydroxylation sites is 1. The second-order valence-corrected chi connectivity index (χ2v) is 6.72.